The van der Waals surface area contributed by atoms with Gasteiger partial charge in [0.15, 0.2) is 0 Å². The summed E-state index contributed by atoms with van der Waals surface area (Å²) in [6.45, 7) is 1.09. The topological polar surface area (TPSA) is 78.5 Å². The van der Waals surface area contributed by atoms with Gasteiger partial charge in [-0.2, -0.15) is 0 Å². The molecule has 1 aromatic carbocycles. The van der Waals surface area contributed by atoms with Gasteiger partial charge < -0.3 is 5.32 Å². The Morgan fingerprint density at radius 2 is 2.00 bits per heavy atom. The van der Waals surface area contributed by atoms with E-state index in [0.717, 1.165) is 0 Å². The van der Waals surface area contributed by atoms with Crippen molar-refractivity contribution in [2.24, 2.45) is 0 Å². The Morgan fingerprint density at radius 3 is 2.61 bits per heavy atom. The predicted molar refractivity (Wildman–Crippen MR) is 83.6 cm³/mol. The standard InChI is InChI=1S/C15H20FN3O3S/c16-13-3-1-2-12(10-13)4-9-23(21,22)19-7-5-15(6-8-19)14(20)17-11-18-15/h1-3,10,18H,4-9,11H2,(H,17,20). The van der Waals surface area contributed by atoms with E-state index in [9.17, 15) is 17.6 Å². The summed E-state index contributed by atoms with van der Waals surface area (Å²) in [7, 11) is -3.41. The van der Waals surface area contributed by atoms with Gasteiger partial charge in [0.1, 0.15) is 11.4 Å². The number of hydrogen-bond donors (Lipinski definition) is 2. The Morgan fingerprint density at radius 1 is 1.26 bits per heavy atom. The van der Waals surface area contributed by atoms with Gasteiger partial charge in [0, 0.05) is 13.1 Å². The van der Waals surface area contributed by atoms with Gasteiger partial charge in [-0.1, -0.05) is 12.1 Å². The number of carbonyl (C=O) groups excluding carboxylic acids is 1. The largest absolute Gasteiger partial charge is 0.342 e. The van der Waals surface area contributed by atoms with Gasteiger partial charge >= 0.3 is 0 Å². The quantitative estimate of drug-likeness (QED) is 0.821. The van der Waals surface area contributed by atoms with Gasteiger partial charge in [-0.3, -0.25) is 10.1 Å². The molecule has 0 aliphatic carbocycles. The Kier molecular flexibility index (Phi) is 4.39. The molecule has 2 N–H and O–H groups in total. The van der Waals surface area contributed by atoms with Crippen LogP contribution in [0.25, 0.3) is 0 Å². The molecule has 23 heavy (non-hydrogen) atoms. The summed E-state index contributed by atoms with van der Waals surface area (Å²) in [5, 5.41) is 5.87. The zero-order chi connectivity index (χ0) is 16.5. The number of benzene rings is 1. The molecular weight excluding hydrogens is 321 g/mol. The van der Waals surface area contributed by atoms with E-state index in [1.807, 2.05) is 0 Å². The first-order chi connectivity index (χ1) is 10.9. The first kappa shape index (κ1) is 16.4. The fourth-order valence-corrected chi connectivity index (χ4v) is 4.65. The minimum Gasteiger partial charge on any atom is -0.342 e. The molecule has 8 heteroatoms. The summed E-state index contributed by atoms with van der Waals surface area (Å²) in [4.78, 5) is 11.9. The minimum atomic E-state index is -3.41. The number of rotatable bonds is 4. The van der Waals surface area contributed by atoms with Crippen molar-refractivity contribution in [1.29, 1.82) is 0 Å². The molecule has 126 valence electrons. The number of sulfonamides is 1. The molecule has 0 aromatic heterocycles. The summed E-state index contributed by atoms with van der Waals surface area (Å²) >= 11 is 0. The molecule has 2 aliphatic heterocycles. The lowest BCUT2D eigenvalue weighted by molar-refractivity contribution is -0.125. The summed E-state index contributed by atoms with van der Waals surface area (Å²) in [6.07, 6.45) is 1.22. The molecule has 0 bridgehead atoms. The molecule has 2 saturated heterocycles. The van der Waals surface area contributed by atoms with Crippen LogP contribution < -0.4 is 10.6 Å². The van der Waals surface area contributed by atoms with Gasteiger partial charge in [-0.15, -0.1) is 0 Å². The zero-order valence-corrected chi connectivity index (χ0v) is 13.5. The maximum absolute atomic E-state index is 13.1. The second kappa shape index (κ2) is 6.18. The third kappa shape index (κ3) is 3.39. The van der Waals surface area contributed by atoms with E-state index in [1.54, 1.807) is 12.1 Å². The van der Waals surface area contributed by atoms with E-state index < -0.39 is 15.6 Å². The maximum Gasteiger partial charge on any atom is 0.241 e. The molecule has 2 fully saturated rings. The lowest BCUT2D eigenvalue weighted by Gasteiger charge is -2.36. The summed E-state index contributed by atoms with van der Waals surface area (Å²) in [6, 6.07) is 5.98. The normalized spacial score (nSPS) is 21.5. The van der Waals surface area contributed by atoms with E-state index in [0.29, 0.717) is 38.2 Å². The van der Waals surface area contributed by atoms with Crippen LogP contribution in [0.2, 0.25) is 0 Å². The van der Waals surface area contributed by atoms with Crippen LogP contribution in [0.4, 0.5) is 4.39 Å². The van der Waals surface area contributed by atoms with E-state index in [-0.39, 0.29) is 23.9 Å². The van der Waals surface area contributed by atoms with E-state index in [4.69, 9.17) is 0 Å². The van der Waals surface area contributed by atoms with Crippen LogP contribution in [0.1, 0.15) is 18.4 Å². The van der Waals surface area contributed by atoms with Gasteiger partial charge in [0.2, 0.25) is 15.9 Å². The van der Waals surface area contributed by atoms with E-state index >= 15 is 0 Å². The average molecular weight is 341 g/mol. The number of piperidine rings is 1. The average Bonchev–Trinajstić information content (AvgIpc) is 2.87. The first-order valence-electron chi connectivity index (χ1n) is 7.67. The second-order valence-electron chi connectivity index (χ2n) is 6.04. The molecule has 1 amide bonds. The van der Waals surface area contributed by atoms with Crippen LogP contribution in [0.3, 0.4) is 0 Å². The lowest BCUT2D eigenvalue weighted by atomic mass is 9.89. The van der Waals surface area contributed by atoms with Gasteiger partial charge in [0.05, 0.1) is 12.4 Å². The molecule has 0 saturated carbocycles. The van der Waals surface area contributed by atoms with Crippen LogP contribution in [-0.4, -0.2) is 49.7 Å². The molecule has 3 rings (SSSR count). The number of nitrogens with one attached hydrogen (secondary N) is 2. The van der Waals surface area contributed by atoms with Crippen LogP contribution >= 0.6 is 0 Å². The predicted octanol–water partition coefficient (Wildman–Crippen LogP) is 0.210. The summed E-state index contributed by atoms with van der Waals surface area (Å²) in [5.74, 6) is -0.462. The fraction of sp³-hybridized carbons (Fsp3) is 0.533. The van der Waals surface area contributed by atoms with Crippen molar-refractivity contribution in [3.8, 4) is 0 Å². The number of hydrogen-bond acceptors (Lipinski definition) is 4. The van der Waals surface area contributed by atoms with Crippen LogP contribution in [0, 0.1) is 5.82 Å². The molecule has 1 spiro atoms. The molecule has 0 radical (unpaired) electrons. The van der Waals surface area contributed by atoms with E-state index in [2.05, 4.69) is 10.6 Å². The fourth-order valence-electron chi connectivity index (χ4n) is 3.16. The smallest absolute Gasteiger partial charge is 0.241 e. The lowest BCUT2D eigenvalue weighted by Crippen LogP contribution is -2.55. The molecule has 2 heterocycles. The number of halogens is 1. The van der Waals surface area contributed by atoms with Crippen molar-refractivity contribution in [2.75, 3.05) is 25.5 Å². The highest BCUT2D eigenvalue weighted by atomic mass is 32.2. The van der Waals surface area contributed by atoms with Crippen molar-refractivity contribution in [3.63, 3.8) is 0 Å². The van der Waals surface area contributed by atoms with Crippen molar-refractivity contribution in [2.45, 2.75) is 24.8 Å². The molecule has 6 nitrogen and oxygen atoms in total. The number of amides is 1. The van der Waals surface area contributed by atoms with Crippen LogP contribution in [0.15, 0.2) is 24.3 Å². The SMILES string of the molecule is O=C1NCNC12CCN(S(=O)(=O)CCc1cccc(F)c1)CC2. The molecular formula is C15H20FN3O3S. The molecule has 0 atom stereocenters. The second-order valence-corrected chi connectivity index (χ2v) is 8.13. The Labute approximate surface area is 135 Å². The minimum absolute atomic E-state index is 0.0469. The Hall–Kier alpha value is -1.51. The van der Waals surface area contributed by atoms with Crippen LogP contribution in [0.5, 0.6) is 0 Å². The van der Waals surface area contributed by atoms with Gasteiger partial charge in [-0.25, -0.2) is 17.1 Å². The maximum atomic E-state index is 13.1. The van der Waals surface area contributed by atoms with Gasteiger partial charge in [-0.05, 0) is 37.0 Å². The first-order valence-corrected chi connectivity index (χ1v) is 9.28. The van der Waals surface area contributed by atoms with E-state index in [1.165, 1.54) is 16.4 Å². The Bertz CT molecular complexity index is 700. The number of nitrogens with zero attached hydrogens (tertiary/aromatic N) is 1. The highest BCUT2D eigenvalue weighted by Gasteiger charge is 2.45. The van der Waals surface area contributed by atoms with Crippen molar-refractivity contribution < 1.29 is 17.6 Å². The monoisotopic (exact) mass is 341 g/mol. The molecule has 1 aromatic rings. The Balaban J connectivity index is 1.59. The molecule has 0 unspecified atom stereocenters. The summed E-state index contributed by atoms with van der Waals surface area (Å²) < 4.78 is 39.5. The van der Waals surface area contributed by atoms with Crippen LogP contribution in [-0.2, 0) is 21.2 Å². The summed E-state index contributed by atoms with van der Waals surface area (Å²) in [5.41, 5.74) is 0.0492. The number of carbonyl (C=O) groups is 1. The molecule has 2 aliphatic rings. The van der Waals surface area contributed by atoms with Crippen molar-refractivity contribution >= 4 is 15.9 Å². The highest BCUT2D eigenvalue weighted by Crippen LogP contribution is 2.26. The third-order valence-corrected chi connectivity index (χ3v) is 6.49. The van der Waals surface area contributed by atoms with Crippen molar-refractivity contribution in [3.05, 3.63) is 35.6 Å². The highest BCUT2D eigenvalue weighted by molar-refractivity contribution is 7.89. The van der Waals surface area contributed by atoms with Crippen molar-refractivity contribution in [1.82, 2.24) is 14.9 Å². The van der Waals surface area contributed by atoms with Gasteiger partial charge in [0.25, 0.3) is 0 Å². The number of aryl methyl sites for hydroxylation is 1. The zero-order valence-electron chi connectivity index (χ0n) is 12.7. The third-order valence-electron chi connectivity index (χ3n) is 4.62.